The van der Waals surface area contributed by atoms with Crippen molar-refractivity contribution in [3.63, 3.8) is 0 Å². The lowest BCUT2D eigenvalue weighted by molar-refractivity contribution is 0.0751. The molecule has 0 bridgehead atoms. The van der Waals surface area contributed by atoms with Crippen molar-refractivity contribution >= 4 is 5.69 Å². The Morgan fingerprint density at radius 2 is 2.15 bits per heavy atom. The molecule has 1 unspecified atom stereocenters. The number of para-hydroxylation sites is 1. The molecule has 0 spiro atoms. The summed E-state index contributed by atoms with van der Waals surface area (Å²) in [4.78, 5) is 4.43. The van der Waals surface area contributed by atoms with Gasteiger partial charge in [-0.05, 0) is 30.9 Å². The lowest BCUT2D eigenvalue weighted by atomic mass is 10.2. The van der Waals surface area contributed by atoms with Crippen LogP contribution in [0.2, 0.25) is 0 Å². The summed E-state index contributed by atoms with van der Waals surface area (Å²) in [5.41, 5.74) is 1.10. The predicted octanol–water partition coefficient (Wildman–Crippen LogP) is 2.82. The minimum Gasteiger partial charge on any atom is -0.385 e. The van der Waals surface area contributed by atoms with E-state index in [0.29, 0.717) is 24.1 Å². The number of aromatic nitrogens is 2. The smallest absolute Gasteiger partial charge is 0.228 e. The second kappa shape index (κ2) is 6.05. The molecule has 0 radical (unpaired) electrons. The van der Waals surface area contributed by atoms with Gasteiger partial charge in [-0.3, -0.25) is 0 Å². The summed E-state index contributed by atoms with van der Waals surface area (Å²) >= 11 is 0. The van der Waals surface area contributed by atoms with Crippen LogP contribution in [0.15, 0.2) is 34.9 Å². The molecule has 1 N–H and O–H groups in total. The number of benzene rings is 1. The van der Waals surface area contributed by atoms with Crippen molar-refractivity contribution in [1.29, 1.82) is 0 Å². The van der Waals surface area contributed by atoms with Gasteiger partial charge in [0.2, 0.25) is 11.7 Å². The van der Waals surface area contributed by atoms with Crippen LogP contribution in [-0.4, -0.2) is 23.8 Å². The second-order valence-electron chi connectivity index (χ2n) is 5.08. The lowest BCUT2D eigenvalue weighted by Gasteiger charge is -2.08. The van der Waals surface area contributed by atoms with Gasteiger partial charge < -0.3 is 14.6 Å². The van der Waals surface area contributed by atoms with Crippen molar-refractivity contribution in [2.75, 3.05) is 19.0 Å². The first kappa shape index (κ1) is 13.1. The van der Waals surface area contributed by atoms with E-state index in [1.165, 1.54) is 12.8 Å². The minimum atomic E-state index is -0.00502. The number of hydrogen-bond acceptors (Lipinski definition) is 5. The van der Waals surface area contributed by atoms with E-state index in [1.807, 2.05) is 30.3 Å². The van der Waals surface area contributed by atoms with Crippen LogP contribution in [0.3, 0.4) is 0 Å². The molecular weight excluding hydrogens is 254 g/mol. The van der Waals surface area contributed by atoms with Crippen LogP contribution in [0.25, 0.3) is 0 Å². The zero-order valence-electron chi connectivity index (χ0n) is 11.6. The summed E-state index contributed by atoms with van der Waals surface area (Å²) in [7, 11) is 1.70. The molecule has 0 amide bonds. The van der Waals surface area contributed by atoms with Gasteiger partial charge in [-0.1, -0.05) is 23.4 Å². The number of rotatable bonds is 7. The molecule has 1 aliphatic rings. The molecule has 0 saturated heterocycles. The fraction of sp³-hybridized carbons (Fsp3) is 0.467. The first-order valence-corrected chi connectivity index (χ1v) is 7.01. The Hall–Kier alpha value is -1.88. The summed E-state index contributed by atoms with van der Waals surface area (Å²) in [6.07, 6.45) is 3.09. The Balaban J connectivity index is 1.52. The number of hydrogen-bond donors (Lipinski definition) is 1. The third-order valence-corrected chi connectivity index (χ3v) is 3.48. The maximum atomic E-state index is 5.45. The van der Waals surface area contributed by atoms with Crippen LogP contribution < -0.4 is 5.32 Å². The van der Waals surface area contributed by atoms with Gasteiger partial charge in [0.15, 0.2) is 0 Å². The highest BCUT2D eigenvalue weighted by Gasteiger charge is 2.35. The molecule has 106 valence electrons. The van der Waals surface area contributed by atoms with Crippen molar-refractivity contribution < 1.29 is 9.26 Å². The number of nitrogens with zero attached hydrogens (tertiary/aromatic N) is 2. The van der Waals surface area contributed by atoms with Crippen LogP contribution in [0.5, 0.6) is 0 Å². The molecule has 2 aromatic rings. The monoisotopic (exact) mass is 273 g/mol. The van der Waals surface area contributed by atoms with Gasteiger partial charge in [-0.2, -0.15) is 4.98 Å². The van der Waals surface area contributed by atoms with Crippen LogP contribution in [0.4, 0.5) is 5.69 Å². The quantitative estimate of drug-likeness (QED) is 0.840. The molecule has 1 saturated carbocycles. The highest BCUT2D eigenvalue weighted by atomic mass is 16.5. The molecule has 1 aromatic heterocycles. The lowest BCUT2D eigenvalue weighted by Crippen LogP contribution is -2.07. The standard InChI is InChI=1S/C15H19N3O2/c1-19-14(11-7-8-11)15-17-13(20-18-15)9-10-16-12-5-3-2-4-6-12/h2-6,11,14,16H,7-10H2,1H3. The average Bonchev–Trinajstić information content (AvgIpc) is 3.21. The molecule has 1 atom stereocenters. The van der Waals surface area contributed by atoms with Crippen molar-refractivity contribution in [2.45, 2.75) is 25.4 Å². The van der Waals surface area contributed by atoms with E-state index in [2.05, 4.69) is 15.5 Å². The second-order valence-corrected chi connectivity index (χ2v) is 5.08. The third-order valence-electron chi connectivity index (χ3n) is 3.48. The zero-order chi connectivity index (χ0) is 13.8. The molecule has 3 rings (SSSR count). The Morgan fingerprint density at radius 1 is 1.35 bits per heavy atom. The SMILES string of the molecule is COC(c1noc(CCNc2ccccc2)n1)C1CC1. The summed E-state index contributed by atoms with van der Waals surface area (Å²) in [6, 6.07) is 10.1. The molecule has 5 nitrogen and oxygen atoms in total. The topological polar surface area (TPSA) is 60.2 Å². The van der Waals surface area contributed by atoms with E-state index in [0.717, 1.165) is 12.2 Å². The number of anilines is 1. The van der Waals surface area contributed by atoms with E-state index >= 15 is 0 Å². The van der Waals surface area contributed by atoms with Crippen LogP contribution in [0, 0.1) is 5.92 Å². The number of methoxy groups -OCH3 is 1. The Bertz CT molecular complexity index is 537. The summed E-state index contributed by atoms with van der Waals surface area (Å²) < 4.78 is 10.7. The third kappa shape index (κ3) is 3.17. The van der Waals surface area contributed by atoms with Gasteiger partial charge in [0.05, 0.1) is 0 Å². The van der Waals surface area contributed by atoms with E-state index in [9.17, 15) is 0 Å². The van der Waals surface area contributed by atoms with E-state index in [1.54, 1.807) is 7.11 Å². The van der Waals surface area contributed by atoms with Gasteiger partial charge in [0, 0.05) is 25.8 Å². The normalized spacial score (nSPS) is 16.1. The molecule has 0 aliphatic heterocycles. The molecule has 1 aliphatic carbocycles. The van der Waals surface area contributed by atoms with Crippen molar-refractivity contribution in [3.05, 3.63) is 42.0 Å². The van der Waals surface area contributed by atoms with E-state index in [-0.39, 0.29) is 6.10 Å². The molecule has 5 heteroatoms. The molecule has 20 heavy (non-hydrogen) atoms. The highest BCUT2D eigenvalue weighted by molar-refractivity contribution is 5.42. The summed E-state index contributed by atoms with van der Waals surface area (Å²) in [6.45, 7) is 0.771. The average molecular weight is 273 g/mol. The largest absolute Gasteiger partial charge is 0.385 e. The number of ether oxygens (including phenoxy) is 1. The fourth-order valence-corrected chi connectivity index (χ4v) is 2.26. The van der Waals surface area contributed by atoms with E-state index < -0.39 is 0 Å². The van der Waals surface area contributed by atoms with Crippen LogP contribution >= 0.6 is 0 Å². The van der Waals surface area contributed by atoms with Crippen molar-refractivity contribution in [2.24, 2.45) is 5.92 Å². The van der Waals surface area contributed by atoms with Gasteiger partial charge in [-0.25, -0.2) is 0 Å². The first-order chi connectivity index (χ1) is 9.86. The summed E-state index contributed by atoms with van der Waals surface area (Å²) in [5, 5.41) is 7.36. The van der Waals surface area contributed by atoms with Gasteiger partial charge in [-0.15, -0.1) is 0 Å². The van der Waals surface area contributed by atoms with Crippen LogP contribution in [-0.2, 0) is 11.2 Å². The molecular formula is C15H19N3O2. The minimum absolute atomic E-state index is 0.00502. The zero-order valence-corrected chi connectivity index (χ0v) is 11.6. The predicted molar refractivity (Wildman–Crippen MR) is 75.4 cm³/mol. The molecule has 1 fully saturated rings. The maximum Gasteiger partial charge on any atom is 0.228 e. The Kier molecular flexibility index (Phi) is 3.97. The fourth-order valence-electron chi connectivity index (χ4n) is 2.26. The van der Waals surface area contributed by atoms with Gasteiger partial charge in [0.1, 0.15) is 6.10 Å². The summed E-state index contributed by atoms with van der Waals surface area (Å²) in [5.74, 6) is 1.91. The van der Waals surface area contributed by atoms with Gasteiger partial charge >= 0.3 is 0 Å². The van der Waals surface area contributed by atoms with E-state index in [4.69, 9.17) is 9.26 Å². The highest BCUT2D eigenvalue weighted by Crippen LogP contribution is 2.41. The molecule has 1 aromatic carbocycles. The van der Waals surface area contributed by atoms with Crippen LogP contribution in [0.1, 0.15) is 30.7 Å². The molecule has 1 heterocycles. The van der Waals surface area contributed by atoms with Crippen molar-refractivity contribution in [3.8, 4) is 0 Å². The van der Waals surface area contributed by atoms with Crippen molar-refractivity contribution in [1.82, 2.24) is 10.1 Å². The first-order valence-electron chi connectivity index (χ1n) is 7.01. The maximum absolute atomic E-state index is 5.45. The number of nitrogens with one attached hydrogen (secondary N) is 1. The Labute approximate surface area is 118 Å². The Morgan fingerprint density at radius 3 is 2.85 bits per heavy atom. The van der Waals surface area contributed by atoms with Gasteiger partial charge in [0.25, 0.3) is 0 Å².